The molecule has 0 spiro atoms. The van der Waals surface area contributed by atoms with E-state index >= 15 is 0 Å². The second-order valence-corrected chi connectivity index (χ2v) is 12.3. The Hall–Kier alpha value is -3.51. The molecule has 2 fully saturated rings. The van der Waals surface area contributed by atoms with Gasteiger partial charge in [-0.05, 0) is 82.0 Å². The molecule has 0 unspecified atom stereocenters. The molecular weight excluding hydrogens is 558 g/mol. The van der Waals surface area contributed by atoms with Gasteiger partial charge in [-0.25, -0.2) is 24.9 Å². The van der Waals surface area contributed by atoms with Crippen LogP contribution in [0.4, 0.5) is 11.5 Å². The molecule has 0 amide bonds. The Kier molecular flexibility index (Phi) is 9.83. The number of aromatic nitrogens is 4. The van der Waals surface area contributed by atoms with E-state index in [1.807, 2.05) is 36.5 Å². The lowest BCUT2D eigenvalue weighted by atomic mass is 10.1. The molecule has 0 radical (unpaired) electrons. The van der Waals surface area contributed by atoms with Crippen LogP contribution in [0, 0.1) is 0 Å². The fourth-order valence-electron chi connectivity index (χ4n) is 5.50. The van der Waals surface area contributed by atoms with Crippen molar-refractivity contribution in [1.82, 2.24) is 30.6 Å². The van der Waals surface area contributed by atoms with Crippen molar-refractivity contribution >= 4 is 39.0 Å². The molecule has 0 saturated carbocycles. The van der Waals surface area contributed by atoms with Crippen molar-refractivity contribution in [2.45, 2.75) is 70.6 Å². The van der Waals surface area contributed by atoms with E-state index in [0.717, 1.165) is 115 Å². The number of anilines is 1. The first-order valence-electron chi connectivity index (χ1n) is 15.5. The first-order valence-corrected chi connectivity index (χ1v) is 16.3. The maximum absolute atomic E-state index is 6.64. The van der Waals surface area contributed by atoms with Gasteiger partial charge in [-0.3, -0.25) is 0 Å². The summed E-state index contributed by atoms with van der Waals surface area (Å²) >= 11 is 1.55. The number of nitrogens with one attached hydrogen (secondary N) is 3. The maximum atomic E-state index is 6.64. The van der Waals surface area contributed by atoms with Crippen LogP contribution in [0.2, 0.25) is 0 Å². The number of pyridine rings is 1. The summed E-state index contributed by atoms with van der Waals surface area (Å²) in [7, 11) is 0. The van der Waals surface area contributed by atoms with Gasteiger partial charge >= 0.3 is 0 Å². The number of thiazole rings is 1. The number of hydrogen-bond donors (Lipinski definition) is 4. The highest BCUT2D eigenvalue weighted by molar-refractivity contribution is 7.21. The van der Waals surface area contributed by atoms with Gasteiger partial charge in [-0.1, -0.05) is 36.8 Å². The summed E-state index contributed by atoms with van der Waals surface area (Å²) in [5.41, 5.74) is 10.8. The Bertz CT molecular complexity index is 1540. The maximum Gasteiger partial charge on any atom is 0.150 e. The Morgan fingerprint density at radius 3 is 2.65 bits per heavy atom. The van der Waals surface area contributed by atoms with Crippen LogP contribution in [0.3, 0.4) is 0 Å². The summed E-state index contributed by atoms with van der Waals surface area (Å²) in [6, 6.07) is 12.3. The van der Waals surface area contributed by atoms with Crippen LogP contribution in [0.5, 0.6) is 0 Å². The predicted octanol–water partition coefficient (Wildman–Crippen LogP) is 4.96. The Morgan fingerprint density at radius 2 is 1.84 bits per heavy atom. The third-order valence-electron chi connectivity index (χ3n) is 7.93. The first-order chi connectivity index (χ1) is 21.1. The molecule has 10 nitrogen and oxygen atoms in total. The first kappa shape index (κ1) is 29.6. The zero-order chi connectivity index (χ0) is 29.4. The number of para-hydroxylation sites is 1. The lowest BCUT2D eigenvalue weighted by Crippen LogP contribution is -2.35. The zero-order valence-electron chi connectivity index (χ0n) is 24.8. The number of amidine groups is 1. The van der Waals surface area contributed by atoms with Crippen molar-refractivity contribution in [3.8, 4) is 10.6 Å². The number of rotatable bonds is 11. The van der Waals surface area contributed by atoms with E-state index in [4.69, 9.17) is 35.4 Å². The lowest BCUT2D eigenvalue weighted by Gasteiger charge is -2.24. The Balaban J connectivity index is 1.24. The smallest absolute Gasteiger partial charge is 0.150 e. The van der Waals surface area contributed by atoms with Gasteiger partial charge in [0.15, 0.2) is 0 Å². The highest BCUT2D eigenvalue weighted by atomic mass is 32.1. The topological polar surface area (TPSA) is 135 Å². The summed E-state index contributed by atoms with van der Waals surface area (Å²) in [5.74, 6) is 1.96. The lowest BCUT2D eigenvalue weighted by molar-refractivity contribution is 0.0211. The molecule has 5 N–H and O–H groups in total. The van der Waals surface area contributed by atoms with Crippen molar-refractivity contribution in [2.24, 2.45) is 10.7 Å². The van der Waals surface area contributed by atoms with E-state index < -0.39 is 0 Å². The summed E-state index contributed by atoms with van der Waals surface area (Å²) in [6.45, 7) is 6.76. The predicted molar refractivity (Wildman–Crippen MR) is 174 cm³/mol. The molecule has 2 saturated heterocycles. The number of ether oxygens (including phenoxy) is 1. The molecule has 226 valence electrons. The van der Waals surface area contributed by atoms with E-state index in [2.05, 4.69) is 28.9 Å². The molecule has 0 atom stereocenters. The fourth-order valence-corrected chi connectivity index (χ4v) is 6.42. The Morgan fingerprint density at radius 1 is 1.05 bits per heavy atom. The molecular formula is C32H41N9OS. The summed E-state index contributed by atoms with van der Waals surface area (Å²) in [5, 5.41) is 11.3. The largest absolute Gasteiger partial charge is 0.382 e. The molecule has 0 bridgehead atoms. The van der Waals surface area contributed by atoms with Gasteiger partial charge in [0.05, 0.1) is 18.4 Å². The third kappa shape index (κ3) is 7.72. The molecule has 1 aromatic carbocycles. The molecule has 4 aromatic rings. The number of aliphatic imine (C=N–C) groups is 1. The monoisotopic (exact) mass is 599 g/mol. The molecule has 11 heteroatoms. The third-order valence-corrected chi connectivity index (χ3v) is 8.94. The number of piperidine rings is 2. The standard InChI is InChI=1S/C32H41N9OS/c1-2-3-8-28-38-26(18-29(41-28)37-22-9-13-34-14-10-22)30(33)39-25-7-5-4-6-24(25)31-40-27-17-21(19-36-32(27)43-31)20-42-23-11-15-35-16-12-23/h4-7,17-19,22-23,34-35H,2-3,8-16,20H2,1H3,(H2,33,39)(H,37,38,41). The highest BCUT2D eigenvalue weighted by Gasteiger charge is 2.17. The number of unbranched alkanes of at least 4 members (excludes halogenated alkanes) is 1. The van der Waals surface area contributed by atoms with Gasteiger partial charge in [-0.15, -0.1) is 0 Å². The average molecular weight is 600 g/mol. The molecule has 43 heavy (non-hydrogen) atoms. The number of nitrogens with two attached hydrogens (primary N) is 1. The van der Waals surface area contributed by atoms with Crippen LogP contribution in [-0.2, 0) is 17.8 Å². The van der Waals surface area contributed by atoms with Crippen molar-refractivity contribution in [1.29, 1.82) is 0 Å². The van der Waals surface area contributed by atoms with Crippen LogP contribution < -0.4 is 21.7 Å². The van der Waals surface area contributed by atoms with Crippen LogP contribution in [-0.4, -0.2) is 64.1 Å². The van der Waals surface area contributed by atoms with E-state index in [9.17, 15) is 0 Å². The minimum Gasteiger partial charge on any atom is -0.382 e. The number of hydrogen-bond acceptors (Lipinski definition) is 10. The molecule has 6 rings (SSSR count). The van der Waals surface area contributed by atoms with Crippen LogP contribution >= 0.6 is 11.3 Å². The van der Waals surface area contributed by atoms with Gasteiger partial charge in [0.1, 0.15) is 38.5 Å². The van der Waals surface area contributed by atoms with E-state index in [1.54, 1.807) is 11.3 Å². The number of fused-ring (bicyclic) bond motifs is 1. The minimum absolute atomic E-state index is 0.298. The quantitative estimate of drug-likeness (QED) is 0.139. The number of nitrogens with zero attached hydrogens (tertiary/aromatic N) is 5. The number of benzene rings is 1. The summed E-state index contributed by atoms with van der Waals surface area (Å²) in [4.78, 5) is 25.0. The molecule has 2 aliphatic rings. The van der Waals surface area contributed by atoms with Crippen LogP contribution in [0.15, 0.2) is 47.6 Å². The van der Waals surface area contributed by atoms with Gasteiger partial charge in [0.2, 0.25) is 0 Å². The summed E-state index contributed by atoms with van der Waals surface area (Å²) < 4.78 is 6.14. The fraction of sp³-hybridized carbons (Fsp3) is 0.469. The summed E-state index contributed by atoms with van der Waals surface area (Å²) in [6.07, 6.45) is 9.30. The van der Waals surface area contributed by atoms with E-state index in [-0.39, 0.29) is 0 Å². The number of aryl methyl sites for hydroxylation is 1. The highest BCUT2D eigenvalue weighted by Crippen LogP contribution is 2.35. The second-order valence-electron chi connectivity index (χ2n) is 11.3. The Labute approximate surface area is 257 Å². The van der Waals surface area contributed by atoms with Crippen LogP contribution in [0.1, 0.15) is 62.5 Å². The normalized spacial score (nSPS) is 17.0. The van der Waals surface area contributed by atoms with Crippen molar-refractivity contribution in [3.05, 3.63) is 59.7 Å². The van der Waals surface area contributed by atoms with Crippen molar-refractivity contribution < 1.29 is 4.74 Å². The van der Waals surface area contributed by atoms with E-state index in [1.165, 1.54) is 0 Å². The molecule has 0 aliphatic carbocycles. The van der Waals surface area contributed by atoms with Gasteiger partial charge in [-0.2, -0.15) is 0 Å². The van der Waals surface area contributed by atoms with Crippen molar-refractivity contribution in [2.75, 3.05) is 31.5 Å². The molecule has 5 heterocycles. The van der Waals surface area contributed by atoms with Gasteiger partial charge in [0, 0.05) is 30.3 Å². The van der Waals surface area contributed by atoms with Gasteiger partial charge < -0.3 is 26.4 Å². The van der Waals surface area contributed by atoms with Crippen molar-refractivity contribution in [3.63, 3.8) is 0 Å². The minimum atomic E-state index is 0.298. The second kappa shape index (κ2) is 14.3. The SMILES string of the molecule is CCCCc1nc(NC2CCNCC2)cc(C(N)=Nc2ccccc2-c2nc3cc(COC4CCNCC4)cnc3s2)n1. The molecule has 3 aromatic heterocycles. The van der Waals surface area contributed by atoms with Crippen LogP contribution in [0.25, 0.3) is 20.9 Å². The van der Waals surface area contributed by atoms with Gasteiger partial charge in [0.25, 0.3) is 0 Å². The zero-order valence-corrected chi connectivity index (χ0v) is 25.6. The molecule has 2 aliphatic heterocycles. The average Bonchev–Trinajstić information content (AvgIpc) is 3.47. The van der Waals surface area contributed by atoms with E-state index in [0.29, 0.717) is 30.3 Å².